The van der Waals surface area contributed by atoms with Gasteiger partial charge in [0.2, 0.25) is 0 Å². The summed E-state index contributed by atoms with van der Waals surface area (Å²) in [5.74, 6) is 1.33. The molecule has 2 aliphatic rings. The Morgan fingerprint density at radius 1 is 1.00 bits per heavy atom. The zero-order chi connectivity index (χ0) is 19.3. The van der Waals surface area contributed by atoms with Gasteiger partial charge in [0.15, 0.2) is 0 Å². The van der Waals surface area contributed by atoms with E-state index in [1.807, 2.05) is 12.1 Å². The Balaban J connectivity index is 1.25. The van der Waals surface area contributed by atoms with Crippen LogP contribution >= 0.6 is 0 Å². The van der Waals surface area contributed by atoms with Crippen molar-refractivity contribution in [3.63, 3.8) is 0 Å². The van der Waals surface area contributed by atoms with E-state index in [9.17, 15) is 4.79 Å². The van der Waals surface area contributed by atoms with Crippen LogP contribution < -0.4 is 9.47 Å². The Morgan fingerprint density at radius 3 is 2.75 bits per heavy atom. The second-order valence-corrected chi connectivity index (χ2v) is 7.85. The molecular formula is C24H28O4. The molecule has 0 aliphatic heterocycles. The van der Waals surface area contributed by atoms with Crippen molar-refractivity contribution in [1.29, 1.82) is 0 Å². The molecule has 4 heteroatoms. The van der Waals surface area contributed by atoms with Gasteiger partial charge in [-0.3, -0.25) is 4.79 Å². The van der Waals surface area contributed by atoms with E-state index < -0.39 is 5.97 Å². The fourth-order valence-electron chi connectivity index (χ4n) is 4.51. The molecule has 28 heavy (non-hydrogen) atoms. The van der Waals surface area contributed by atoms with E-state index in [1.165, 1.54) is 41.5 Å². The van der Waals surface area contributed by atoms with Crippen molar-refractivity contribution in [3.8, 4) is 11.5 Å². The summed E-state index contributed by atoms with van der Waals surface area (Å²) >= 11 is 0. The predicted molar refractivity (Wildman–Crippen MR) is 108 cm³/mol. The monoisotopic (exact) mass is 380 g/mol. The van der Waals surface area contributed by atoms with Crippen molar-refractivity contribution in [1.82, 2.24) is 0 Å². The van der Waals surface area contributed by atoms with Crippen molar-refractivity contribution in [2.75, 3.05) is 13.2 Å². The van der Waals surface area contributed by atoms with E-state index in [1.54, 1.807) is 0 Å². The van der Waals surface area contributed by atoms with E-state index in [4.69, 9.17) is 14.6 Å². The summed E-state index contributed by atoms with van der Waals surface area (Å²) in [5.41, 5.74) is 5.24. The van der Waals surface area contributed by atoms with E-state index in [0.717, 1.165) is 37.2 Å². The van der Waals surface area contributed by atoms with Crippen LogP contribution in [-0.2, 0) is 24.1 Å². The number of ether oxygens (including phenoxy) is 2. The average molecular weight is 380 g/mol. The van der Waals surface area contributed by atoms with Crippen LogP contribution in [0.15, 0.2) is 36.4 Å². The summed E-state index contributed by atoms with van der Waals surface area (Å²) in [7, 11) is 0. The number of carboxylic acid groups (broad SMARTS) is 1. The van der Waals surface area contributed by atoms with Crippen LogP contribution in [0.25, 0.3) is 0 Å². The second kappa shape index (κ2) is 8.68. The molecule has 0 bridgehead atoms. The van der Waals surface area contributed by atoms with Crippen LogP contribution in [0.2, 0.25) is 0 Å². The molecule has 0 saturated heterocycles. The molecule has 2 aliphatic carbocycles. The smallest absolute Gasteiger partial charge is 0.303 e. The summed E-state index contributed by atoms with van der Waals surface area (Å²) in [6.07, 6.45) is 7.73. The number of hydrogen-bond donors (Lipinski definition) is 1. The topological polar surface area (TPSA) is 55.8 Å². The van der Waals surface area contributed by atoms with Gasteiger partial charge in [-0.1, -0.05) is 18.2 Å². The van der Waals surface area contributed by atoms with E-state index in [-0.39, 0.29) is 12.3 Å². The summed E-state index contributed by atoms with van der Waals surface area (Å²) in [4.78, 5) is 11.0. The predicted octanol–water partition coefficient (Wildman–Crippen LogP) is 4.92. The molecule has 148 valence electrons. The molecule has 4 rings (SSSR count). The number of rotatable bonds is 8. The Morgan fingerprint density at radius 2 is 1.86 bits per heavy atom. The third-order valence-electron chi connectivity index (χ3n) is 5.91. The molecule has 0 fully saturated rings. The lowest BCUT2D eigenvalue weighted by atomic mass is 9.91. The molecule has 0 heterocycles. The van der Waals surface area contributed by atoms with Crippen LogP contribution in [0.3, 0.4) is 0 Å². The molecule has 0 radical (unpaired) electrons. The van der Waals surface area contributed by atoms with E-state index in [0.29, 0.717) is 13.2 Å². The molecule has 4 nitrogen and oxygen atoms in total. The Bertz CT molecular complexity index is 842. The highest BCUT2D eigenvalue weighted by atomic mass is 16.5. The van der Waals surface area contributed by atoms with Crippen molar-refractivity contribution in [2.24, 2.45) is 0 Å². The standard InChI is InChI=1S/C24H28O4/c25-24(26)16-19-10-9-18-15-20(11-12-21(18)19)27-13-4-14-28-23-8-3-6-17-5-1-2-7-22(17)23/h3,6,8,11-12,15,19H,1-2,4-5,7,9-10,13-14,16H2,(H,25,26)/t19-/m0/s1. The highest BCUT2D eigenvalue weighted by molar-refractivity contribution is 5.68. The Hall–Kier alpha value is -2.49. The molecule has 2 aromatic rings. The van der Waals surface area contributed by atoms with Gasteiger partial charge in [0.25, 0.3) is 0 Å². The van der Waals surface area contributed by atoms with Gasteiger partial charge in [0.05, 0.1) is 19.6 Å². The van der Waals surface area contributed by atoms with Gasteiger partial charge < -0.3 is 14.6 Å². The minimum Gasteiger partial charge on any atom is -0.493 e. The Kier molecular flexibility index (Phi) is 5.84. The zero-order valence-corrected chi connectivity index (χ0v) is 16.3. The fourth-order valence-corrected chi connectivity index (χ4v) is 4.51. The lowest BCUT2D eigenvalue weighted by Crippen LogP contribution is -2.09. The first-order valence-corrected chi connectivity index (χ1v) is 10.4. The fraction of sp³-hybridized carbons (Fsp3) is 0.458. The van der Waals surface area contributed by atoms with Crippen molar-refractivity contribution in [2.45, 2.75) is 57.3 Å². The van der Waals surface area contributed by atoms with Crippen LogP contribution in [0.5, 0.6) is 11.5 Å². The lowest BCUT2D eigenvalue weighted by Gasteiger charge is -2.19. The number of aryl methyl sites for hydroxylation is 2. The molecule has 1 N–H and O–H groups in total. The maximum Gasteiger partial charge on any atom is 0.303 e. The van der Waals surface area contributed by atoms with Crippen LogP contribution in [0, 0.1) is 0 Å². The normalized spacial score (nSPS) is 17.6. The molecule has 0 amide bonds. The quantitative estimate of drug-likeness (QED) is 0.661. The second-order valence-electron chi connectivity index (χ2n) is 7.85. The third-order valence-corrected chi connectivity index (χ3v) is 5.91. The summed E-state index contributed by atoms with van der Waals surface area (Å²) in [6.45, 7) is 1.27. The lowest BCUT2D eigenvalue weighted by molar-refractivity contribution is -0.137. The number of aliphatic carboxylic acids is 1. The minimum atomic E-state index is -0.724. The maximum atomic E-state index is 11.0. The molecule has 0 spiro atoms. The highest BCUT2D eigenvalue weighted by Gasteiger charge is 2.24. The van der Waals surface area contributed by atoms with Crippen LogP contribution in [0.1, 0.15) is 60.3 Å². The minimum absolute atomic E-state index is 0.145. The average Bonchev–Trinajstić information content (AvgIpc) is 3.09. The van der Waals surface area contributed by atoms with Crippen LogP contribution in [0.4, 0.5) is 0 Å². The summed E-state index contributed by atoms with van der Waals surface area (Å²) in [5, 5.41) is 9.03. The molecule has 1 atom stereocenters. The molecular weight excluding hydrogens is 352 g/mol. The van der Waals surface area contributed by atoms with Gasteiger partial charge in [-0.2, -0.15) is 0 Å². The molecule has 2 aromatic carbocycles. The van der Waals surface area contributed by atoms with Gasteiger partial charge in [0, 0.05) is 6.42 Å². The zero-order valence-electron chi connectivity index (χ0n) is 16.3. The van der Waals surface area contributed by atoms with Gasteiger partial charge in [-0.05, 0) is 84.9 Å². The highest BCUT2D eigenvalue weighted by Crippen LogP contribution is 2.37. The first-order chi connectivity index (χ1) is 13.7. The molecule has 0 saturated carbocycles. The van der Waals surface area contributed by atoms with E-state index in [2.05, 4.69) is 24.3 Å². The van der Waals surface area contributed by atoms with Gasteiger partial charge in [-0.25, -0.2) is 0 Å². The first-order valence-electron chi connectivity index (χ1n) is 10.4. The number of carboxylic acids is 1. The van der Waals surface area contributed by atoms with Crippen LogP contribution in [-0.4, -0.2) is 24.3 Å². The molecule has 0 aromatic heterocycles. The maximum absolute atomic E-state index is 11.0. The SMILES string of the molecule is O=C(O)C[C@@H]1CCc2cc(OCCCOc3cccc4c3CCCC4)ccc21. The summed E-state index contributed by atoms with van der Waals surface area (Å²) in [6, 6.07) is 12.5. The van der Waals surface area contributed by atoms with Crippen molar-refractivity contribution >= 4 is 5.97 Å². The van der Waals surface area contributed by atoms with Crippen molar-refractivity contribution < 1.29 is 19.4 Å². The van der Waals surface area contributed by atoms with Gasteiger partial charge in [0.1, 0.15) is 11.5 Å². The summed E-state index contributed by atoms with van der Waals surface area (Å²) < 4.78 is 11.9. The number of carbonyl (C=O) groups is 1. The Labute approximate surface area is 166 Å². The van der Waals surface area contributed by atoms with Crippen molar-refractivity contribution in [3.05, 3.63) is 58.7 Å². The van der Waals surface area contributed by atoms with Gasteiger partial charge in [-0.15, -0.1) is 0 Å². The first kappa shape index (κ1) is 18.9. The number of hydrogen-bond acceptors (Lipinski definition) is 3. The largest absolute Gasteiger partial charge is 0.493 e. The van der Waals surface area contributed by atoms with Gasteiger partial charge >= 0.3 is 5.97 Å². The number of fused-ring (bicyclic) bond motifs is 2. The molecule has 0 unspecified atom stereocenters. The third kappa shape index (κ3) is 4.32. The van der Waals surface area contributed by atoms with E-state index >= 15 is 0 Å². The number of benzene rings is 2.